The number of ether oxygens (including phenoxy) is 1. The molecule has 0 atom stereocenters. The first kappa shape index (κ1) is 11.9. The van der Waals surface area contributed by atoms with Crippen LogP contribution in [0.15, 0.2) is 0 Å². The van der Waals surface area contributed by atoms with Gasteiger partial charge < -0.3 is 15.0 Å². The summed E-state index contributed by atoms with van der Waals surface area (Å²) in [5.74, 6) is 0.162. The van der Waals surface area contributed by atoms with E-state index < -0.39 is 0 Å². The molecule has 0 saturated carbocycles. The van der Waals surface area contributed by atoms with Gasteiger partial charge in [-0.3, -0.25) is 4.79 Å². The third-order valence-electron chi connectivity index (χ3n) is 3.50. The highest BCUT2D eigenvalue weighted by molar-refractivity contribution is 5.77. The van der Waals surface area contributed by atoms with Crippen molar-refractivity contribution in [3.63, 3.8) is 0 Å². The average Bonchev–Trinajstić information content (AvgIpc) is 2.51. The van der Waals surface area contributed by atoms with E-state index in [-0.39, 0.29) is 18.1 Å². The highest BCUT2D eigenvalue weighted by atomic mass is 16.5. The van der Waals surface area contributed by atoms with E-state index in [4.69, 9.17) is 4.74 Å². The molecular weight excluding hydrogens is 204 g/mol. The molecule has 16 heavy (non-hydrogen) atoms. The Morgan fingerprint density at radius 2 is 1.88 bits per heavy atom. The van der Waals surface area contributed by atoms with Crippen molar-refractivity contribution in [2.45, 2.75) is 38.2 Å². The number of likely N-dealkylation sites (tertiary alicyclic amines) is 1. The standard InChI is InChI=1S/C12H22N2O2/c1-12(9-13-10-12)16-8-11(15)14-6-4-2-3-5-7-14/h13H,2-10H2,1H3. The van der Waals surface area contributed by atoms with Crippen LogP contribution in [-0.2, 0) is 9.53 Å². The Bertz CT molecular complexity index is 243. The Labute approximate surface area is 97.3 Å². The van der Waals surface area contributed by atoms with Gasteiger partial charge in [0.25, 0.3) is 0 Å². The van der Waals surface area contributed by atoms with Gasteiger partial charge in [-0.05, 0) is 19.8 Å². The lowest BCUT2D eigenvalue weighted by Crippen LogP contribution is -2.59. The molecule has 1 N–H and O–H groups in total. The summed E-state index contributed by atoms with van der Waals surface area (Å²) in [7, 11) is 0. The lowest BCUT2D eigenvalue weighted by Gasteiger charge is -2.39. The molecule has 0 radical (unpaired) electrons. The maximum absolute atomic E-state index is 11.9. The van der Waals surface area contributed by atoms with E-state index in [1.165, 1.54) is 12.8 Å². The molecular formula is C12H22N2O2. The van der Waals surface area contributed by atoms with Gasteiger partial charge in [0.05, 0.1) is 5.60 Å². The normalized spacial score (nSPS) is 24.7. The lowest BCUT2D eigenvalue weighted by molar-refractivity contribution is -0.145. The molecule has 2 rings (SSSR count). The van der Waals surface area contributed by atoms with Crippen LogP contribution in [0.1, 0.15) is 32.6 Å². The van der Waals surface area contributed by atoms with E-state index >= 15 is 0 Å². The first-order valence-corrected chi connectivity index (χ1v) is 6.32. The van der Waals surface area contributed by atoms with Gasteiger partial charge in [0.15, 0.2) is 0 Å². The van der Waals surface area contributed by atoms with Gasteiger partial charge in [-0.2, -0.15) is 0 Å². The summed E-state index contributed by atoms with van der Waals surface area (Å²) >= 11 is 0. The Morgan fingerprint density at radius 3 is 2.38 bits per heavy atom. The number of nitrogens with zero attached hydrogens (tertiary/aromatic N) is 1. The molecule has 4 nitrogen and oxygen atoms in total. The molecule has 0 aromatic carbocycles. The Morgan fingerprint density at radius 1 is 1.25 bits per heavy atom. The van der Waals surface area contributed by atoms with Crippen LogP contribution in [0.3, 0.4) is 0 Å². The topological polar surface area (TPSA) is 41.6 Å². The molecule has 0 spiro atoms. The summed E-state index contributed by atoms with van der Waals surface area (Å²) < 4.78 is 5.67. The van der Waals surface area contributed by atoms with Crippen molar-refractivity contribution >= 4 is 5.91 Å². The van der Waals surface area contributed by atoms with Gasteiger partial charge in [0.2, 0.25) is 5.91 Å². The molecule has 0 aromatic heterocycles. The van der Waals surface area contributed by atoms with E-state index in [1.54, 1.807) is 0 Å². The van der Waals surface area contributed by atoms with E-state index in [0.717, 1.165) is 39.0 Å². The van der Waals surface area contributed by atoms with Crippen LogP contribution < -0.4 is 5.32 Å². The third kappa shape index (κ3) is 2.95. The predicted molar refractivity (Wildman–Crippen MR) is 62.3 cm³/mol. The van der Waals surface area contributed by atoms with Crippen LogP contribution in [0.2, 0.25) is 0 Å². The van der Waals surface area contributed by atoms with Gasteiger partial charge in [-0.25, -0.2) is 0 Å². The molecule has 0 bridgehead atoms. The summed E-state index contributed by atoms with van der Waals surface area (Å²) in [6.45, 7) is 5.85. The monoisotopic (exact) mass is 226 g/mol. The summed E-state index contributed by atoms with van der Waals surface area (Å²) in [6, 6.07) is 0. The van der Waals surface area contributed by atoms with Crippen molar-refractivity contribution in [2.75, 3.05) is 32.8 Å². The molecule has 2 fully saturated rings. The van der Waals surface area contributed by atoms with Crippen LogP contribution in [0.4, 0.5) is 0 Å². The second kappa shape index (κ2) is 5.15. The fourth-order valence-corrected chi connectivity index (χ4v) is 2.23. The molecule has 2 aliphatic rings. The van der Waals surface area contributed by atoms with E-state index in [9.17, 15) is 4.79 Å². The minimum absolute atomic E-state index is 0.110. The maximum atomic E-state index is 11.9. The fourth-order valence-electron chi connectivity index (χ4n) is 2.23. The van der Waals surface area contributed by atoms with Crippen LogP contribution in [0.25, 0.3) is 0 Å². The molecule has 0 aliphatic carbocycles. The van der Waals surface area contributed by atoms with Crippen LogP contribution in [-0.4, -0.2) is 49.2 Å². The van der Waals surface area contributed by atoms with Crippen LogP contribution >= 0.6 is 0 Å². The van der Waals surface area contributed by atoms with Gasteiger partial charge in [0.1, 0.15) is 6.61 Å². The van der Waals surface area contributed by atoms with Crippen LogP contribution in [0, 0.1) is 0 Å². The van der Waals surface area contributed by atoms with E-state index in [2.05, 4.69) is 12.2 Å². The van der Waals surface area contributed by atoms with Crippen molar-refractivity contribution in [3.8, 4) is 0 Å². The number of hydrogen-bond acceptors (Lipinski definition) is 3. The lowest BCUT2D eigenvalue weighted by atomic mass is 10.0. The highest BCUT2D eigenvalue weighted by Crippen LogP contribution is 2.16. The average molecular weight is 226 g/mol. The van der Waals surface area contributed by atoms with Gasteiger partial charge in [-0.1, -0.05) is 12.8 Å². The molecule has 2 heterocycles. The zero-order chi connectivity index (χ0) is 11.4. The Hall–Kier alpha value is -0.610. The number of hydrogen-bond donors (Lipinski definition) is 1. The second-order valence-electron chi connectivity index (χ2n) is 5.14. The maximum Gasteiger partial charge on any atom is 0.248 e. The molecule has 92 valence electrons. The number of rotatable bonds is 3. The molecule has 2 saturated heterocycles. The quantitative estimate of drug-likeness (QED) is 0.773. The SMILES string of the molecule is CC1(OCC(=O)N2CCCCCC2)CNC1. The molecule has 2 aliphatic heterocycles. The fraction of sp³-hybridized carbons (Fsp3) is 0.917. The van der Waals surface area contributed by atoms with Crippen LogP contribution in [0.5, 0.6) is 0 Å². The number of amides is 1. The van der Waals surface area contributed by atoms with E-state index in [0.29, 0.717) is 0 Å². The highest BCUT2D eigenvalue weighted by Gasteiger charge is 2.33. The predicted octanol–water partition coefficient (Wildman–Crippen LogP) is 0.767. The number of carbonyl (C=O) groups is 1. The molecule has 0 unspecified atom stereocenters. The van der Waals surface area contributed by atoms with Crippen molar-refractivity contribution in [1.82, 2.24) is 10.2 Å². The number of nitrogens with one attached hydrogen (secondary N) is 1. The Balaban J connectivity index is 1.73. The second-order valence-corrected chi connectivity index (χ2v) is 5.14. The molecule has 1 amide bonds. The minimum atomic E-state index is -0.110. The van der Waals surface area contributed by atoms with Gasteiger partial charge in [0, 0.05) is 26.2 Å². The van der Waals surface area contributed by atoms with Crippen molar-refractivity contribution < 1.29 is 9.53 Å². The van der Waals surface area contributed by atoms with Crippen molar-refractivity contribution in [3.05, 3.63) is 0 Å². The summed E-state index contributed by atoms with van der Waals surface area (Å²) in [6.07, 6.45) is 4.80. The minimum Gasteiger partial charge on any atom is -0.363 e. The zero-order valence-corrected chi connectivity index (χ0v) is 10.1. The molecule has 4 heteroatoms. The van der Waals surface area contributed by atoms with E-state index in [1.807, 2.05) is 4.90 Å². The van der Waals surface area contributed by atoms with Crippen molar-refractivity contribution in [2.24, 2.45) is 0 Å². The summed E-state index contributed by atoms with van der Waals surface area (Å²) in [5, 5.41) is 3.17. The van der Waals surface area contributed by atoms with Gasteiger partial charge in [-0.15, -0.1) is 0 Å². The zero-order valence-electron chi connectivity index (χ0n) is 10.1. The largest absolute Gasteiger partial charge is 0.363 e. The molecule has 0 aromatic rings. The number of carbonyl (C=O) groups excluding carboxylic acids is 1. The Kier molecular flexibility index (Phi) is 3.82. The summed E-state index contributed by atoms with van der Waals surface area (Å²) in [4.78, 5) is 13.9. The first-order valence-electron chi connectivity index (χ1n) is 6.32. The smallest absolute Gasteiger partial charge is 0.248 e. The van der Waals surface area contributed by atoms with Gasteiger partial charge >= 0.3 is 0 Å². The third-order valence-corrected chi connectivity index (χ3v) is 3.50. The first-order chi connectivity index (χ1) is 7.70. The van der Waals surface area contributed by atoms with Crippen molar-refractivity contribution in [1.29, 1.82) is 0 Å². The summed E-state index contributed by atoms with van der Waals surface area (Å²) in [5.41, 5.74) is -0.110.